The molecule has 0 radical (unpaired) electrons. The zero-order valence-electron chi connectivity index (χ0n) is 13.0. The lowest BCUT2D eigenvalue weighted by Gasteiger charge is -2.24. The molecule has 0 amide bonds. The van der Waals surface area contributed by atoms with Crippen molar-refractivity contribution in [3.8, 4) is 0 Å². The van der Waals surface area contributed by atoms with Gasteiger partial charge in [-0.2, -0.15) is 0 Å². The van der Waals surface area contributed by atoms with E-state index in [0.717, 1.165) is 32.7 Å². The highest BCUT2D eigenvalue weighted by molar-refractivity contribution is 5.34. The Kier molecular flexibility index (Phi) is 6.02. The molecule has 1 heterocycles. The molecule has 1 unspecified atom stereocenters. The Morgan fingerprint density at radius 1 is 1.20 bits per heavy atom. The van der Waals surface area contributed by atoms with Crippen molar-refractivity contribution < 1.29 is 0 Å². The fraction of sp³-hybridized carbons (Fsp3) is 0.647. The van der Waals surface area contributed by atoms with Crippen LogP contribution in [0.15, 0.2) is 24.3 Å². The van der Waals surface area contributed by atoms with E-state index in [9.17, 15) is 0 Å². The number of hydrogen-bond acceptors (Lipinski definition) is 3. The van der Waals surface area contributed by atoms with Gasteiger partial charge in [-0.3, -0.25) is 4.90 Å². The molecule has 1 aromatic rings. The minimum Gasteiger partial charge on any atom is -0.329 e. The summed E-state index contributed by atoms with van der Waals surface area (Å²) in [6.45, 7) is 11.0. The molecule has 2 rings (SSSR count). The van der Waals surface area contributed by atoms with Crippen LogP contribution >= 0.6 is 0 Å². The van der Waals surface area contributed by atoms with Gasteiger partial charge in [-0.15, -0.1) is 0 Å². The number of nitrogens with zero attached hydrogens (tertiary/aromatic N) is 2. The molecule has 0 spiro atoms. The first-order valence-electron chi connectivity index (χ1n) is 8.04. The number of unbranched alkanes of at least 4 members (excludes halogenated alkanes) is 1. The maximum absolute atomic E-state index is 5.98. The average molecular weight is 275 g/mol. The molecule has 20 heavy (non-hydrogen) atoms. The average Bonchev–Trinajstić information content (AvgIpc) is 2.84. The van der Waals surface area contributed by atoms with Gasteiger partial charge in [-0.25, -0.2) is 0 Å². The summed E-state index contributed by atoms with van der Waals surface area (Å²) in [4.78, 5) is 5.05. The van der Waals surface area contributed by atoms with Gasteiger partial charge in [-0.1, -0.05) is 38.1 Å². The minimum atomic E-state index is 0.430. The zero-order chi connectivity index (χ0) is 14.4. The van der Waals surface area contributed by atoms with Crippen molar-refractivity contribution in [3.63, 3.8) is 0 Å². The Morgan fingerprint density at radius 2 is 1.95 bits per heavy atom. The van der Waals surface area contributed by atoms with Gasteiger partial charge in [-0.05, 0) is 50.1 Å². The van der Waals surface area contributed by atoms with E-state index in [1.165, 1.54) is 30.5 Å². The van der Waals surface area contributed by atoms with Crippen LogP contribution in [0, 0.1) is 0 Å². The summed E-state index contributed by atoms with van der Waals surface area (Å²) in [7, 11) is 0. The first kappa shape index (κ1) is 15.5. The lowest BCUT2D eigenvalue weighted by Crippen LogP contribution is -2.30. The molecule has 3 nitrogen and oxygen atoms in total. The lowest BCUT2D eigenvalue weighted by molar-refractivity contribution is 0.208. The Labute approximate surface area is 123 Å². The Morgan fingerprint density at radius 3 is 2.65 bits per heavy atom. The highest BCUT2D eigenvalue weighted by Crippen LogP contribution is 2.32. The van der Waals surface area contributed by atoms with Crippen LogP contribution in [0.5, 0.6) is 0 Å². The summed E-state index contributed by atoms with van der Waals surface area (Å²) < 4.78 is 0. The molecule has 1 aromatic carbocycles. The van der Waals surface area contributed by atoms with E-state index < -0.39 is 0 Å². The fourth-order valence-corrected chi connectivity index (χ4v) is 3.23. The lowest BCUT2D eigenvalue weighted by atomic mass is 10.1. The van der Waals surface area contributed by atoms with Gasteiger partial charge < -0.3 is 10.6 Å². The second-order valence-corrected chi connectivity index (χ2v) is 5.65. The maximum Gasteiger partial charge on any atom is 0.0477 e. The van der Waals surface area contributed by atoms with Crippen LogP contribution in [0.2, 0.25) is 0 Å². The first-order chi connectivity index (χ1) is 9.80. The normalized spacial score (nSPS) is 18.7. The van der Waals surface area contributed by atoms with Crippen molar-refractivity contribution in [2.45, 2.75) is 39.3 Å². The second kappa shape index (κ2) is 7.77. The highest BCUT2D eigenvalue weighted by atomic mass is 15.2. The topological polar surface area (TPSA) is 32.5 Å². The number of benzene rings is 1. The molecule has 0 fully saturated rings. The minimum absolute atomic E-state index is 0.430. The number of nitrogens with two attached hydrogens (primary N) is 1. The van der Waals surface area contributed by atoms with Crippen LogP contribution in [-0.2, 0) is 6.54 Å². The summed E-state index contributed by atoms with van der Waals surface area (Å²) >= 11 is 0. The van der Waals surface area contributed by atoms with Crippen LogP contribution < -0.4 is 5.73 Å². The summed E-state index contributed by atoms with van der Waals surface area (Å²) in [5, 5.41) is 0. The number of fused-ring (bicyclic) bond motifs is 1. The molecule has 3 heteroatoms. The van der Waals surface area contributed by atoms with Gasteiger partial charge in [0.05, 0.1) is 0 Å². The van der Waals surface area contributed by atoms with E-state index in [-0.39, 0.29) is 0 Å². The van der Waals surface area contributed by atoms with E-state index in [2.05, 4.69) is 47.9 Å². The molecule has 0 aromatic heterocycles. The van der Waals surface area contributed by atoms with Crippen molar-refractivity contribution >= 4 is 0 Å². The smallest absolute Gasteiger partial charge is 0.0477 e. The SMILES string of the molecule is CCN(CC)CCCCN1Cc2ccccc2C1CN. The van der Waals surface area contributed by atoms with Crippen molar-refractivity contribution in [3.05, 3.63) is 35.4 Å². The van der Waals surface area contributed by atoms with E-state index >= 15 is 0 Å². The largest absolute Gasteiger partial charge is 0.329 e. The van der Waals surface area contributed by atoms with Crippen molar-refractivity contribution in [1.82, 2.24) is 9.80 Å². The second-order valence-electron chi connectivity index (χ2n) is 5.65. The van der Waals surface area contributed by atoms with Gasteiger partial charge in [0.2, 0.25) is 0 Å². The summed E-state index contributed by atoms with van der Waals surface area (Å²) in [6.07, 6.45) is 2.55. The first-order valence-corrected chi connectivity index (χ1v) is 8.04. The third-order valence-corrected chi connectivity index (χ3v) is 4.52. The Hall–Kier alpha value is -0.900. The molecule has 1 aliphatic rings. The van der Waals surface area contributed by atoms with Gasteiger partial charge in [0.25, 0.3) is 0 Å². The molecule has 112 valence electrons. The predicted octanol–water partition coefficient (Wildman–Crippen LogP) is 2.62. The van der Waals surface area contributed by atoms with Crippen LogP contribution in [0.1, 0.15) is 43.9 Å². The van der Waals surface area contributed by atoms with Gasteiger partial charge >= 0.3 is 0 Å². The van der Waals surface area contributed by atoms with Crippen LogP contribution in [0.3, 0.4) is 0 Å². The molecule has 0 saturated carbocycles. The van der Waals surface area contributed by atoms with Gasteiger partial charge in [0, 0.05) is 19.1 Å². The third kappa shape index (κ3) is 3.60. The zero-order valence-corrected chi connectivity index (χ0v) is 13.0. The molecule has 0 bridgehead atoms. The van der Waals surface area contributed by atoms with Crippen LogP contribution in [0.25, 0.3) is 0 Å². The van der Waals surface area contributed by atoms with E-state index in [4.69, 9.17) is 5.73 Å². The molecule has 0 saturated heterocycles. The number of rotatable bonds is 8. The Balaban J connectivity index is 1.80. The quantitative estimate of drug-likeness (QED) is 0.740. The molecule has 0 aliphatic carbocycles. The molecular formula is C17H29N3. The predicted molar refractivity (Wildman–Crippen MR) is 85.7 cm³/mol. The van der Waals surface area contributed by atoms with E-state index in [1.807, 2.05) is 0 Å². The Bertz CT molecular complexity index is 401. The van der Waals surface area contributed by atoms with Crippen LogP contribution in [0.4, 0.5) is 0 Å². The summed E-state index contributed by atoms with van der Waals surface area (Å²) in [5.41, 5.74) is 8.89. The molecule has 2 N–H and O–H groups in total. The summed E-state index contributed by atoms with van der Waals surface area (Å²) in [5.74, 6) is 0. The van der Waals surface area contributed by atoms with Gasteiger partial charge in [0.15, 0.2) is 0 Å². The van der Waals surface area contributed by atoms with Crippen LogP contribution in [-0.4, -0.2) is 42.5 Å². The van der Waals surface area contributed by atoms with Gasteiger partial charge in [0.1, 0.15) is 0 Å². The third-order valence-electron chi connectivity index (χ3n) is 4.52. The van der Waals surface area contributed by atoms with Crippen molar-refractivity contribution in [2.75, 3.05) is 32.7 Å². The fourth-order valence-electron chi connectivity index (χ4n) is 3.23. The van der Waals surface area contributed by atoms with Crippen molar-refractivity contribution in [1.29, 1.82) is 0 Å². The molecule has 1 aliphatic heterocycles. The standard InChI is InChI=1S/C17H29N3/c1-3-19(4-2)11-7-8-12-20-14-15-9-5-6-10-16(15)17(20)13-18/h5-6,9-10,17H,3-4,7-8,11-14,18H2,1-2H3. The highest BCUT2D eigenvalue weighted by Gasteiger charge is 2.27. The summed E-state index contributed by atoms with van der Waals surface area (Å²) in [6, 6.07) is 9.18. The molecular weight excluding hydrogens is 246 g/mol. The van der Waals surface area contributed by atoms with Crippen molar-refractivity contribution in [2.24, 2.45) is 5.73 Å². The van der Waals surface area contributed by atoms with E-state index in [1.54, 1.807) is 0 Å². The van der Waals surface area contributed by atoms with E-state index in [0.29, 0.717) is 6.04 Å². The number of hydrogen-bond donors (Lipinski definition) is 1. The monoisotopic (exact) mass is 275 g/mol. The molecule has 1 atom stereocenters. The maximum atomic E-state index is 5.98.